The Balaban J connectivity index is 1.47. The molecule has 26 heavy (non-hydrogen) atoms. The topological polar surface area (TPSA) is 84.0 Å². The van der Waals surface area contributed by atoms with Crippen molar-refractivity contribution in [3.05, 3.63) is 70.5 Å². The summed E-state index contributed by atoms with van der Waals surface area (Å²) in [4.78, 5) is 32.3. The summed E-state index contributed by atoms with van der Waals surface area (Å²) in [6.07, 6.45) is 3.65. The van der Waals surface area contributed by atoms with E-state index in [0.717, 1.165) is 16.1 Å². The summed E-state index contributed by atoms with van der Waals surface area (Å²) < 4.78 is 0. The fourth-order valence-corrected chi connectivity index (χ4v) is 3.13. The highest BCUT2D eigenvalue weighted by atomic mass is 35.5. The van der Waals surface area contributed by atoms with Crippen LogP contribution in [0.4, 0.5) is 0 Å². The highest BCUT2D eigenvalue weighted by Crippen LogP contribution is 2.22. The van der Waals surface area contributed by atoms with Crippen LogP contribution < -0.4 is 10.9 Å². The lowest BCUT2D eigenvalue weighted by Crippen LogP contribution is -2.43. The van der Waals surface area contributed by atoms with Crippen LogP contribution in [0.3, 0.4) is 0 Å². The molecule has 3 rings (SSSR count). The van der Waals surface area contributed by atoms with Crippen molar-refractivity contribution >= 4 is 34.8 Å². The van der Waals surface area contributed by atoms with Crippen LogP contribution in [0.1, 0.15) is 11.3 Å². The Labute approximate surface area is 159 Å². The quantitative estimate of drug-likeness (QED) is 0.660. The number of thiazole rings is 1. The van der Waals surface area contributed by atoms with Gasteiger partial charge in [-0.15, -0.1) is 11.3 Å². The van der Waals surface area contributed by atoms with Gasteiger partial charge in [0.2, 0.25) is 11.8 Å². The van der Waals surface area contributed by atoms with E-state index < -0.39 is 0 Å². The number of carbonyl (C=O) groups is 2. The number of carbonyl (C=O) groups excluding carboxylic acids is 2. The minimum Gasteiger partial charge on any atom is -0.273 e. The number of benzene rings is 1. The van der Waals surface area contributed by atoms with Crippen LogP contribution >= 0.6 is 22.9 Å². The molecule has 8 heteroatoms. The van der Waals surface area contributed by atoms with Crippen LogP contribution in [-0.4, -0.2) is 21.8 Å². The maximum absolute atomic E-state index is 12.0. The summed E-state index contributed by atoms with van der Waals surface area (Å²) in [6, 6.07) is 10.7. The molecule has 0 bridgehead atoms. The van der Waals surface area contributed by atoms with Gasteiger partial charge in [0.25, 0.3) is 0 Å². The molecule has 132 valence electrons. The lowest BCUT2D eigenvalue weighted by atomic mass is 10.1. The number of hydrogen-bond acceptors (Lipinski definition) is 5. The van der Waals surface area contributed by atoms with Gasteiger partial charge in [0.15, 0.2) is 0 Å². The molecule has 0 spiro atoms. The smallest absolute Gasteiger partial charge is 0.244 e. The molecule has 0 radical (unpaired) electrons. The predicted octanol–water partition coefficient (Wildman–Crippen LogP) is 2.79. The van der Waals surface area contributed by atoms with Crippen LogP contribution in [0.5, 0.6) is 0 Å². The van der Waals surface area contributed by atoms with Gasteiger partial charge in [-0.2, -0.15) is 0 Å². The first-order chi connectivity index (χ1) is 12.6. The molecule has 0 aliphatic heterocycles. The Morgan fingerprint density at radius 1 is 1.04 bits per heavy atom. The van der Waals surface area contributed by atoms with E-state index in [-0.39, 0.29) is 24.7 Å². The van der Waals surface area contributed by atoms with Crippen molar-refractivity contribution in [2.75, 3.05) is 0 Å². The minimum atomic E-state index is -0.336. The van der Waals surface area contributed by atoms with Crippen molar-refractivity contribution in [3.63, 3.8) is 0 Å². The van der Waals surface area contributed by atoms with Crippen LogP contribution in [-0.2, 0) is 22.4 Å². The number of hydrogen-bond donors (Lipinski definition) is 2. The van der Waals surface area contributed by atoms with Crippen LogP contribution in [0.15, 0.2) is 54.2 Å². The third-order valence-corrected chi connectivity index (χ3v) is 4.61. The molecule has 3 aromatic rings. The molecule has 2 aromatic heterocycles. The Morgan fingerprint density at radius 3 is 2.46 bits per heavy atom. The second-order valence-electron chi connectivity index (χ2n) is 5.46. The van der Waals surface area contributed by atoms with E-state index in [4.69, 9.17) is 11.6 Å². The van der Waals surface area contributed by atoms with Gasteiger partial charge in [-0.25, -0.2) is 4.98 Å². The van der Waals surface area contributed by atoms with Gasteiger partial charge < -0.3 is 0 Å². The average molecular weight is 387 g/mol. The number of hydrazine groups is 1. The first-order valence-corrected chi connectivity index (χ1v) is 9.03. The van der Waals surface area contributed by atoms with E-state index in [1.165, 1.54) is 11.3 Å². The van der Waals surface area contributed by atoms with Crippen molar-refractivity contribution < 1.29 is 9.59 Å². The fraction of sp³-hybridized carbons (Fsp3) is 0.111. The Hall–Kier alpha value is -2.77. The lowest BCUT2D eigenvalue weighted by Gasteiger charge is -2.06. The van der Waals surface area contributed by atoms with Gasteiger partial charge >= 0.3 is 0 Å². The zero-order valence-electron chi connectivity index (χ0n) is 13.6. The van der Waals surface area contributed by atoms with Gasteiger partial charge in [-0.1, -0.05) is 23.7 Å². The molecule has 2 amide bonds. The highest BCUT2D eigenvalue weighted by Gasteiger charge is 2.10. The van der Waals surface area contributed by atoms with Gasteiger partial charge in [-0.3, -0.25) is 25.4 Å². The Bertz CT molecular complexity index is 897. The molecular weight excluding hydrogens is 372 g/mol. The largest absolute Gasteiger partial charge is 0.273 e. The molecule has 2 N–H and O–H groups in total. The second-order valence-corrected chi connectivity index (χ2v) is 6.76. The molecule has 6 nitrogen and oxygen atoms in total. The summed E-state index contributed by atoms with van der Waals surface area (Å²) in [7, 11) is 0. The van der Waals surface area contributed by atoms with E-state index in [1.807, 2.05) is 17.5 Å². The Morgan fingerprint density at radius 2 is 1.77 bits per heavy atom. The van der Waals surface area contributed by atoms with Crippen molar-refractivity contribution in [3.8, 4) is 10.6 Å². The monoisotopic (exact) mass is 386 g/mol. The third-order valence-electron chi connectivity index (χ3n) is 3.42. The molecule has 0 atom stereocenters. The summed E-state index contributed by atoms with van der Waals surface area (Å²) in [6.45, 7) is 0. The number of amides is 2. The minimum absolute atomic E-state index is 0.0813. The van der Waals surface area contributed by atoms with E-state index in [9.17, 15) is 9.59 Å². The van der Waals surface area contributed by atoms with Crippen molar-refractivity contribution in [1.29, 1.82) is 0 Å². The van der Waals surface area contributed by atoms with Crippen molar-refractivity contribution in [2.24, 2.45) is 0 Å². The summed E-state index contributed by atoms with van der Waals surface area (Å²) in [5.74, 6) is -0.646. The number of halogens is 1. The van der Waals surface area contributed by atoms with E-state index in [1.54, 1.807) is 36.7 Å². The molecule has 1 aromatic carbocycles. The standard InChI is InChI=1S/C18H15ClN4O2S/c19-14-5-3-12(4-6-14)8-16(24)22-23-17(25)9-15-11-26-18(21-15)13-2-1-7-20-10-13/h1-7,10-11H,8-9H2,(H,22,24)(H,23,25). The zero-order valence-corrected chi connectivity index (χ0v) is 15.2. The maximum Gasteiger partial charge on any atom is 0.244 e. The van der Waals surface area contributed by atoms with Gasteiger partial charge in [0.05, 0.1) is 18.5 Å². The lowest BCUT2D eigenvalue weighted by molar-refractivity contribution is -0.128. The molecule has 0 fully saturated rings. The molecule has 0 unspecified atom stereocenters. The van der Waals surface area contributed by atoms with Crippen molar-refractivity contribution in [1.82, 2.24) is 20.8 Å². The predicted molar refractivity (Wildman–Crippen MR) is 100 cm³/mol. The first kappa shape index (κ1) is 18.0. The Kier molecular flexibility index (Phi) is 5.93. The van der Waals surface area contributed by atoms with Crippen LogP contribution in [0.25, 0.3) is 10.6 Å². The van der Waals surface area contributed by atoms with Crippen LogP contribution in [0, 0.1) is 0 Å². The van der Waals surface area contributed by atoms with Crippen molar-refractivity contribution in [2.45, 2.75) is 12.8 Å². The summed E-state index contributed by atoms with van der Waals surface area (Å²) in [5.41, 5.74) is 7.15. The number of nitrogens with one attached hydrogen (secondary N) is 2. The zero-order chi connectivity index (χ0) is 18.4. The SMILES string of the molecule is O=C(Cc1ccc(Cl)cc1)NNC(=O)Cc1csc(-c2cccnc2)n1. The van der Waals surface area contributed by atoms with Gasteiger partial charge in [0.1, 0.15) is 5.01 Å². The fourth-order valence-electron chi connectivity index (χ4n) is 2.19. The van der Waals surface area contributed by atoms with E-state index >= 15 is 0 Å². The third kappa shape index (κ3) is 5.11. The number of aromatic nitrogens is 2. The first-order valence-electron chi connectivity index (χ1n) is 7.77. The van der Waals surface area contributed by atoms with Crippen LogP contribution in [0.2, 0.25) is 5.02 Å². The molecule has 0 saturated carbocycles. The number of pyridine rings is 1. The molecule has 0 aliphatic rings. The van der Waals surface area contributed by atoms with E-state index in [0.29, 0.717) is 10.7 Å². The highest BCUT2D eigenvalue weighted by molar-refractivity contribution is 7.13. The molecule has 2 heterocycles. The molecular formula is C18H15ClN4O2S. The van der Waals surface area contributed by atoms with Gasteiger partial charge in [0, 0.05) is 28.4 Å². The second kappa shape index (κ2) is 8.55. The van der Waals surface area contributed by atoms with E-state index in [2.05, 4.69) is 20.8 Å². The maximum atomic E-state index is 12.0. The van der Waals surface area contributed by atoms with Gasteiger partial charge in [-0.05, 0) is 29.8 Å². The molecule has 0 saturated heterocycles. The summed E-state index contributed by atoms with van der Waals surface area (Å²) in [5, 5.41) is 3.22. The average Bonchev–Trinajstić information content (AvgIpc) is 3.11. The molecule has 0 aliphatic carbocycles. The normalized spacial score (nSPS) is 10.3. The summed E-state index contributed by atoms with van der Waals surface area (Å²) >= 11 is 7.25. The number of nitrogens with zero attached hydrogens (tertiary/aromatic N) is 2. The number of rotatable bonds is 5.